The maximum atomic E-state index is 12.7. The summed E-state index contributed by atoms with van der Waals surface area (Å²) in [6.07, 6.45) is 3.30. The van der Waals surface area contributed by atoms with Crippen LogP contribution in [0.4, 0.5) is 5.69 Å². The maximum absolute atomic E-state index is 12.7. The maximum Gasteiger partial charge on any atom is 0.269 e. The van der Waals surface area contributed by atoms with Crippen molar-refractivity contribution in [1.29, 1.82) is 0 Å². The SMILES string of the molecule is C=CCn1c(SCc2ccccc2C(=O)NCc2ccco2)nnc1-c1ccc([N+](=O)[O-])cc1. The molecule has 0 aliphatic heterocycles. The molecular formula is C24H21N5O4S. The number of amides is 1. The van der Waals surface area contributed by atoms with Crippen molar-refractivity contribution in [3.05, 3.63) is 107 Å². The number of nitrogens with one attached hydrogen (secondary N) is 1. The van der Waals surface area contributed by atoms with Crippen molar-refractivity contribution in [2.24, 2.45) is 0 Å². The second-order valence-corrected chi connectivity index (χ2v) is 8.16. The molecule has 0 spiro atoms. The number of hydrogen-bond donors (Lipinski definition) is 1. The van der Waals surface area contributed by atoms with Crippen LogP contribution in [0.15, 0.2) is 89.2 Å². The van der Waals surface area contributed by atoms with E-state index in [2.05, 4.69) is 22.1 Å². The zero-order valence-electron chi connectivity index (χ0n) is 18.1. The van der Waals surface area contributed by atoms with Gasteiger partial charge in [0, 0.05) is 35.6 Å². The number of thioether (sulfide) groups is 1. The van der Waals surface area contributed by atoms with E-state index in [9.17, 15) is 14.9 Å². The Labute approximate surface area is 199 Å². The van der Waals surface area contributed by atoms with E-state index in [1.165, 1.54) is 23.9 Å². The summed E-state index contributed by atoms with van der Waals surface area (Å²) in [5, 5.41) is 23.1. The van der Waals surface area contributed by atoms with Crippen molar-refractivity contribution < 1.29 is 14.1 Å². The first-order valence-corrected chi connectivity index (χ1v) is 11.4. The molecule has 34 heavy (non-hydrogen) atoms. The predicted octanol–water partition coefficient (Wildman–Crippen LogP) is 4.85. The summed E-state index contributed by atoms with van der Waals surface area (Å²) in [5.74, 6) is 1.57. The number of aromatic nitrogens is 3. The van der Waals surface area contributed by atoms with E-state index in [1.54, 1.807) is 42.7 Å². The normalized spacial score (nSPS) is 10.7. The molecule has 0 fully saturated rings. The summed E-state index contributed by atoms with van der Waals surface area (Å²) in [6, 6.07) is 17.1. The minimum Gasteiger partial charge on any atom is -0.467 e. The molecule has 0 unspecified atom stereocenters. The number of nitrogens with zero attached hydrogens (tertiary/aromatic N) is 4. The summed E-state index contributed by atoms with van der Waals surface area (Å²) in [6.45, 7) is 4.58. The van der Waals surface area contributed by atoms with Crippen LogP contribution in [0.3, 0.4) is 0 Å². The first-order valence-electron chi connectivity index (χ1n) is 10.4. The van der Waals surface area contributed by atoms with Crippen LogP contribution in [0.25, 0.3) is 11.4 Å². The second-order valence-electron chi connectivity index (χ2n) is 7.22. The van der Waals surface area contributed by atoms with Crippen LogP contribution in [-0.4, -0.2) is 25.6 Å². The minimum atomic E-state index is -0.443. The number of non-ortho nitro benzene ring substituents is 1. The zero-order chi connectivity index (χ0) is 23.9. The number of rotatable bonds is 10. The lowest BCUT2D eigenvalue weighted by atomic mass is 10.1. The highest BCUT2D eigenvalue weighted by atomic mass is 32.2. The van der Waals surface area contributed by atoms with E-state index in [0.717, 1.165) is 5.56 Å². The van der Waals surface area contributed by atoms with Crippen molar-refractivity contribution in [3.8, 4) is 11.4 Å². The molecule has 1 amide bonds. The summed E-state index contributed by atoms with van der Waals surface area (Å²) in [4.78, 5) is 23.2. The molecule has 0 aliphatic carbocycles. The summed E-state index contributed by atoms with van der Waals surface area (Å²) in [5.41, 5.74) is 2.15. The molecule has 0 aliphatic rings. The fourth-order valence-electron chi connectivity index (χ4n) is 3.32. The monoisotopic (exact) mass is 475 g/mol. The van der Waals surface area contributed by atoms with Crippen LogP contribution in [0.5, 0.6) is 0 Å². The van der Waals surface area contributed by atoms with Gasteiger partial charge in [-0.25, -0.2) is 0 Å². The number of nitro benzene ring substituents is 1. The number of nitro groups is 1. The fourth-order valence-corrected chi connectivity index (χ4v) is 4.27. The van der Waals surface area contributed by atoms with Gasteiger partial charge in [-0.3, -0.25) is 19.5 Å². The quantitative estimate of drug-likeness (QED) is 0.151. The van der Waals surface area contributed by atoms with Crippen LogP contribution in [0.2, 0.25) is 0 Å². The first-order chi connectivity index (χ1) is 16.6. The van der Waals surface area contributed by atoms with Gasteiger partial charge in [0.25, 0.3) is 11.6 Å². The average Bonchev–Trinajstić information content (AvgIpc) is 3.52. The van der Waals surface area contributed by atoms with E-state index in [0.29, 0.717) is 46.7 Å². The summed E-state index contributed by atoms with van der Waals surface area (Å²) < 4.78 is 7.16. The highest BCUT2D eigenvalue weighted by Gasteiger charge is 2.17. The van der Waals surface area contributed by atoms with E-state index < -0.39 is 4.92 Å². The smallest absolute Gasteiger partial charge is 0.269 e. The average molecular weight is 476 g/mol. The molecule has 2 heterocycles. The van der Waals surface area contributed by atoms with Crippen molar-refractivity contribution >= 4 is 23.4 Å². The fraction of sp³-hybridized carbons (Fsp3) is 0.125. The molecule has 0 bridgehead atoms. The Bertz CT molecular complexity index is 1300. The van der Waals surface area contributed by atoms with Gasteiger partial charge in [-0.05, 0) is 35.9 Å². The Kier molecular flexibility index (Phi) is 7.19. The predicted molar refractivity (Wildman–Crippen MR) is 128 cm³/mol. The third-order valence-electron chi connectivity index (χ3n) is 4.99. The number of furan rings is 1. The Balaban J connectivity index is 1.51. The Morgan fingerprint density at radius 1 is 1.15 bits per heavy atom. The van der Waals surface area contributed by atoms with Crippen molar-refractivity contribution in [2.75, 3.05) is 0 Å². The molecule has 0 saturated heterocycles. The highest BCUT2D eigenvalue weighted by Crippen LogP contribution is 2.28. The molecule has 172 valence electrons. The number of hydrogen-bond acceptors (Lipinski definition) is 7. The molecule has 2 aromatic heterocycles. The third-order valence-corrected chi connectivity index (χ3v) is 6.00. The van der Waals surface area contributed by atoms with Crippen LogP contribution in [-0.2, 0) is 18.8 Å². The standard InChI is InChI=1S/C24H21N5O4S/c1-2-13-28-22(17-9-11-19(12-10-17)29(31)32)26-27-24(28)34-16-18-6-3-4-8-21(18)23(30)25-15-20-7-5-14-33-20/h2-12,14H,1,13,15-16H2,(H,25,30). The van der Waals surface area contributed by atoms with Crippen LogP contribution in [0.1, 0.15) is 21.7 Å². The zero-order valence-corrected chi connectivity index (χ0v) is 18.9. The Hall–Kier alpha value is -4.18. The number of carbonyl (C=O) groups excluding carboxylic acids is 1. The molecular weight excluding hydrogens is 454 g/mol. The van der Waals surface area contributed by atoms with Crippen LogP contribution < -0.4 is 5.32 Å². The van der Waals surface area contributed by atoms with Crippen LogP contribution in [0, 0.1) is 10.1 Å². The van der Waals surface area contributed by atoms with E-state index in [4.69, 9.17) is 4.42 Å². The van der Waals surface area contributed by atoms with Gasteiger partial charge in [0.15, 0.2) is 11.0 Å². The van der Waals surface area contributed by atoms with Crippen LogP contribution >= 0.6 is 11.8 Å². The lowest BCUT2D eigenvalue weighted by Crippen LogP contribution is -2.23. The van der Waals surface area contributed by atoms with Gasteiger partial charge >= 0.3 is 0 Å². The number of allylic oxidation sites excluding steroid dienone is 1. The first kappa shape index (κ1) is 23.0. The lowest BCUT2D eigenvalue weighted by molar-refractivity contribution is -0.384. The third kappa shape index (κ3) is 5.24. The molecule has 4 aromatic rings. The van der Waals surface area contributed by atoms with Gasteiger partial charge in [-0.15, -0.1) is 16.8 Å². The van der Waals surface area contributed by atoms with Gasteiger partial charge in [0.05, 0.1) is 17.7 Å². The van der Waals surface area contributed by atoms with Crippen molar-refractivity contribution in [2.45, 2.75) is 24.0 Å². The molecule has 9 nitrogen and oxygen atoms in total. The molecule has 0 atom stereocenters. The molecule has 0 saturated carbocycles. The van der Waals surface area contributed by atoms with Crippen molar-refractivity contribution in [3.63, 3.8) is 0 Å². The minimum absolute atomic E-state index is 0.00932. The number of carbonyl (C=O) groups is 1. The number of benzene rings is 2. The van der Waals surface area contributed by atoms with E-state index >= 15 is 0 Å². The highest BCUT2D eigenvalue weighted by molar-refractivity contribution is 7.98. The Morgan fingerprint density at radius 2 is 1.94 bits per heavy atom. The molecule has 2 aromatic carbocycles. The van der Waals surface area contributed by atoms with E-state index in [-0.39, 0.29) is 11.6 Å². The molecule has 10 heteroatoms. The van der Waals surface area contributed by atoms with Gasteiger partial charge in [0.2, 0.25) is 0 Å². The molecule has 1 N–H and O–H groups in total. The lowest BCUT2D eigenvalue weighted by Gasteiger charge is -2.11. The second kappa shape index (κ2) is 10.6. The summed E-state index contributed by atoms with van der Waals surface area (Å²) >= 11 is 1.45. The Morgan fingerprint density at radius 3 is 2.65 bits per heavy atom. The molecule has 0 radical (unpaired) electrons. The van der Waals surface area contributed by atoms with Gasteiger partial charge < -0.3 is 9.73 Å². The largest absolute Gasteiger partial charge is 0.467 e. The topological polar surface area (TPSA) is 116 Å². The summed E-state index contributed by atoms with van der Waals surface area (Å²) in [7, 11) is 0. The van der Waals surface area contributed by atoms with E-state index in [1.807, 2.05) is 22.8 Å². The van der Waals surface area contributed by atoms with Crippen molar-refractivity contribution in [1.82, 2.24) is 20.1 Å². The van der Waals surface area contributed by atoms with Gasteiger partial charge in [-0.2, -0.15) is 0 Å². The molecule has 4 rings (SSSR count). The van der Waals surface area contributed by atoms with Gasteiger partial charge in [0.1, 0.15) is 5.76 Å². The van der Waals surface area contributed by atoms with Gasteiger partial charge in [-0.1, -0.05) is 36.0 Å².